The topological polar surface area (TPSA) is 58.6 Å². The average molecular weight is 286 g/mol. The quantitative estimate of drug-likeness (QED) is 0.894. The van der Waals surface area contributed by atoms with E-state index < -0.39 is 0 Å². The lowest BCUT2D eigenvalue weighted by Crippen LogP contribution is -2.25. The minimum atomic E-state index is -0.288. The molecule has 86 valence electrons. The Morgan fingerprint density at radius 2 is 2.25 bits per heavy atom. The lowest BCUT2D eigenvalue weighted by atomic mass is 10.1. The predicted molar refractivity (Wildman–Crippen MR) is 62.8 cm³/mol. The largest absolute Gasteiger partial charge is 0.507 e. The summed E-state index contributed by atoms with van der Waals surface area (Å²) in [6, 6.07) is 3.38. The maximum Gasteiger partial charge on any atom is 0.259 e. The minimum Gasteiger partial charge on any atom is -0.507 e. The molecular formula is C11H12BrNO3. The number of carbonyl (C=O) groups excluding carboxylic acids is 1. The van der Waals surface area contributed by atoms with E-state index in [2.05, 4.69) is 21.2 Å². The molecule has 0 aromatic heterocycles. The number of phenols is 1. The van der Waals surface area contributed by atoms with Crippen molar-refractivity contribution in [1.29, 1.82) is 0 Å². The lowest BCUT2D eigenvalue weighted by Gasteiger charge is -2.11. The van der Waals surface area contributed by atoms with Gasteiger partial charge in [-0.05, 0) is 25.0 Å². The first kappa shape index (κ1) is 11.3. The van der Waals surface area contributed by atoms with Crippen LogP contribution in [-0.2, 0) is 0 Å². The monoisotopic (exact) mass is 285 g/mol. The van der Waals surface area contributed by atoms with Crippen molar-refractivity contribution in [2.45, 2.75) is 18.9 Å². The van der Waals surface area contributed by atoms with E-state index >= 15 is 0 Å². The van der Waals surface area contributed by atoms with Crippen molar-refractivity contribution >= 4 is 21.8 Å². The van der Waals surface area contributed by atoms with Crippen molar-refractivity contribution in [1.82, 2.24) is 5.32 Å². The third-order valence-corrected chi connectivity index (χ3v) is 2.86. The van der Waals surface area contributed by atoms with Gasteiger partial charge < -0.3 is 15.2 Å². The van der Waals surface area contributed by atoms with Crippen molar-refractivity contribution in [3.63, 3.8) is 0 Å². The van der Waals surface area contributed by atoms with E-state index in [-0.39, 0.29) is 23.3 Å². The predicted octanol–water partition coefficient (Wildman–Crippen LogP) is 2.06. The number of hydrogen-bond acceptors (Lipinski definition) is 3. The van der Waals surface area contributed by atoms with Gasteiger partial charge in [0.25, 0.3) is 5.91 Å². The van der Waals surface area contributed by atoms with Crippen LogP contribution in [0.4, 0.5) is 0 Å². The van der Waals surface area contributed by atoms with Gasteiger partial charge >= 0.3 is 0 Å². The number of carbonyl (C=O) groups is 1. The number of benzene rings is 1. The molecule has 0 atom stereocenters. The van der Waals surface area contributed by atoms with Crippen LogP contribution in [0.2, 0.25) is 0 Å². The van der Waals surface area contributed by atoms with Gasteiger partial charge in [-0.3, -0.25) is 4.79 Å². The molecule has 16 heavy (non-hydrogen) atoms. The molecule has 0 spiro atoms. The van der Waals surface area contributed by atoms with Gasteiger partial charge in [0.1, 0.15) is 17.1 Å². The number of halogens is 1. The average Bonchev–Trinajstić information content (AvgIpc) is 2.99. The van der Waals surface area contributed by atoms with Crippen LogP contribution >= 0.6 is 15.9 Å². The third-order valence-electron chi connectivity index (χ3n) is 2.41. The minimum absolute atomic E-state index is 0.0793. The van der Waals surface area contributed by atoms with Crippen molar-refractivity contribution in [3.05, 3.63) is 22.2 Å². The maximum absolute atomic E-state index is 11.8. The highest BCUT2D eigenvalue weighted by Crippen LogP contribution is 2.32. The summed E-state index contributed by atoms with van der Waals surface area (Å²) >= 11 is 3.23. The zero-order valence-corrected chi connectivity index (χ0v) is 10.4. The maximum atomic E-state index is 11.8. The Balaban J connectivity index is 2.32. The number of hydrogen-bond donors (Lipinski definition) is 2. The fraction of sp³-hybridized carbons (Fsp3) is 0.364. The van der Waals surface area contributed by atoms with E-state index in [0.717, 1.165) is 12.8 Å². The van der Waals surface area contributed by atoms with Crippen LogP contribution < -0.4 is 10.1 Å². The molecule has 1 amide bonds. The number of phenolic OH excluding ortho intramolecular Hbond substituents is 1. The van der Waals surface area contributed by atoms with Gasteiger partial charge in [-0.15, -0.1) is 0 Å². The van der Waals surface area contributed by atoms with Gasteiger partial charge in [-0.2, -0.15) is 0 Å². The Morgan fingerprint density at radius 1 is 1.56 bits per heavy atom. The highest BCUT2D eigenvalue weighted by Gasteiger charge is 2.27. The number of aromatic hydroxyl groups is 1. The Hall–Kier alpha value is -1.23. The number of amides is 1. The van der Waals surface area contributed by atoms with Gasteiger partial charge in [-0.1, -0.05) is 15.9 Å². The number of ether oxygens (including phenoxy) is 1. The van der Waals surface area contributed by atoms with Gasteiger partial charge in [0, 0.05) is 10.5 Å². The van der Waals surface area contributed by atoms with Crippen LogP contribution in [0, 0.1) is 0 Å². The number of methoxy groups -OCH3 is 1. The molecule has 2 rings (SSSR count). The van der Waals surface area contributed by atoms with E-state index in [0.29, 0.717) is 10.2 Å². The summed E-state index contributed by atoms with van der Waals surface area (Å²) in [5.74, 6) is -0.00116. The first-order valence-electron chi connectivity index (χ1n) is 4.99. The second-order valence-electron chi connectivity index (χ2n) is 3.75. The highest BCUT2D eigenvalue weighted by molar-refractivity contribution is 9.10. The molecule has 1 aliphatic rings. The molecule has 1 fully saturated rings. The summed E-state index contributed by atoms with van der Waals surface area (Å²) in [7, 11) is 1.47. The van der Waals surface area contributed by atoms with Gasteiger partial charge in [0.05, 0.1) is 7.11 Å². The Labute approximate surface area is 102 Å². The molecule has 1 aliphatic carbocycles. The summed E-state index contributed by atoms with van der Waals surface area (Å²) in [6.07, 6.45) is 2.01. The molecule has 1 aromatic carbocycles. The van der Waals surface area contributed by atoms with E-state index in [4.69, 9.17) is 4.74 Å². The molecule has 1 aromatic rings. The SMILES string of the molecule is COc1cc(Br)cc(O)c1C(=O)NC1CC1. The highest BCUT2D eigenvalue weighted by atomic mass is 79.9. The van der Waals surface area contributed by atoms with Gasteiger partial charge in [0.2, 0.25) is 0 Å². The Kier molecular flexibility index (Phi) is 3.05. The molecule has 0 bridgehead atoms. The van der Waals surface area contributed by atoms with Crippen molar-refractivity contribution in [3.8, 4) is 11.5 Å². The van der Waals surface area contributed by atoms with E-state index in [1.807, 2.05) is 0 Å². The summed E-state index contributed by atoms with van der Waals surface area (Å²) < 4.78 is 5.75. The Morgan fingerprint density at radius 3 is 2.81 bits per heavy atom. The van der Waals surface area contributed by atoms with Crippen LogP contribution in [0.5, 0.6) is 11.5 Å². The first-order valence-corrected chi connectivity index (χ1v) is 5.78. The number of nitrogens with one attached hydrogen (secondary N) is 1. The van der Waals surface area contributed by atoms with Crippen LogP contribution in [-0.4, -0.2) is 24.2 Å². The van der Waals surface area contributed by atoms with Gasteiger partial charge in [0.15, 0.2) is 0 Å². The van der Waals surface area contributed by atoms with Gasteiger partial charge in [-0.25, -0.2) is 0 Å². The molecule has 0 saturated heterocycles. The van der Waals surface area contributed by atoms with Crippen LogP contribution in [0.1, 0.15) is 23.2 Å². The molecule has 0 aliphatic heterocycles. The van der Waals surface area contributed by atoms with Crippen LogP contribution in [0.15, 0.2) is 16.6 Å². The third kappa shape index (κ3) is 2.29. The summed E-state index contributed by atoms with van der Waals surface area (Å²) in [5, 5.41) is 12.5. The van der Waals surface area contributed by atoms with E-state index in [1.54, 1.807) is 6.07 Å². The summed E-state index contributed by atoms with van der Waals surface area (Å²) in [6.45, 7) is 0. The fourth-order valence-electron chi connectivity index (χ4n) is 1.44. The van der Waals surface area contributed by atoms with E-state index in [9.17, 15) is 9.90 Å². The molecule has 1 saturated carbocycles. The standard InChI is InChI=1S/C11H12BrNO3/c1-16-9-5-6(12)4-8(14)10(9)11(15)13-7-2-3-7/h4-5,7,14H,2-3H2,1H3,(H,13,15). The second kappa shape index (κ2) is 4.33. The molecule has 0 heterocycles. The normalized spacial score (nSPS) is 14.6. The summed E-state index contributed by atoms with van der Waals surface area (Å²) in [5.41, 5.74) is 0.192. The number of rotatable bonds is 3. The Bertz CT molecular complexity index is 429. The molecule has 5 heteroatoms. The molecule has 0 radical (unpaired) electrons. The zero-order valence-electron chi connectivity index (χ0n) is 8.79. The lowest BCUT2D eigenvalue weighted by molar-refractivity contribution is 0.0945. The summed E-state index contributed by atoms with van der Waals surface area (Å²) in [4.78, 5) is 11.8. The first-order chi connectivity index (χ1) is 7.61. The zero-order chi connectivity index (χ0) is 11.7. The molecule has 4 nitrogen and oxygen atoms in total. The van der Waals surface area contributed by atoms with E-state index in [1.165, 1.54) is 13.2 Å². The van der Waals surface area contributed by atoms with Crippen LogP contribution in [0.3, 0.4) is 0 Å². The molecule has 0 unspecified atom stereocenters. The van der Waals surface area contributed by atoms with Crippen molar-refractivity contribution < 1.29 is 14.6 Å². The molecule has 2 N–H and O–H groups in total. The molecular weight excluding hydrogens is 274 g/mol. The van der Waals surface area contributed by atoms with Crippen molar-refractivity contribution in [2.24, 2.45) is 0 Å². The van der Waals surface area contributed by atoms with Crippen molar-refractivity contribution in [2.75, 3.05) is 7.11 Å². The second-order valence-corrected chi connectivity index (χ2v) is 4.67. The fourth-order valence-corrected chi connectivity index (χ4v) is 1.87. The smallest absolute Gasteiger partial charge is 0.259 e. The van der Waals surface area contributed by atoms with Crippen LogP contribution in [0.25, 0.3) is 0 Å².